The van der Waals surface area contributed by atoms with Crippen molar-refractivity contribution >= 4 is 138 Å². The second-order valence-electron chi connectivity index (χ2n) is 25.6. The van der Waals surface area contributed by atoms with Crippen LogP contribution < -0.4 is 74.9 Å². The SMILES string of the molecule is C[C@@H]1NC(=O)[C@@H]2CSS[C@H](NC(=O)[C@H](Cc3c[nH]c4ccccc34)NC(=O)[C@H](CCC(=O)O)NC(=O)[C@H](CCC(=O)O)NC(=O)[C@H](CCC(=O)O)NC1=O)C(=O)N[C@@H](C)C(=O)N[C@@H](Cc1c[nH]cn1)C(=O)N[C@H](Cc1ccccc1)C(=O)N[C@@H](CCCNC(N)=O)C(=O)N[C@@H](Cc1c[nH]c3ccccc13)C(=O)N2. The number of aromatic amines is 3. The van der Waals surface area contributed by atoms with Crippen LogP contribution in [0.15, 0.2) is 104 Å². The number of carboxylic acids is 3. The summed E-state index contributed by atoms with van der Waals surface area (Å²) >= 11 is 0. The van der Waals surface area contributed by atoms with Gasteiger partial charge < -0.3 is 105 Å². The molecule has 21 N–H and O–H groups in total. The minimum atomic E-state index is -1.92. The average molecular weight is 1530 g/mol. The fraction of sp³-hybridized carbons (Fsp3) is 0.406. The van der Waals surface area contributed by atoms with Gasteiger partial charge >= 0.3 is 23.9 Å². The monoisotopic (exact) mass is 1530 g/mol. The fourth-order valence-corrected chi connectivity index (χ4v) is 14.1. The molecule has 0 saturated carbocycles. The number of nitrogens with one attached hydrogen (secondary N) is 16. The molecule has 12 atom stereocenters. The summed E-state index contributed by atoms with van der Waals surface area (Å²) in [4.78, 5) is 240. The maximum Gasteiger partial charge on any atom is 0.312 e. The molecule has 0 aliphatic carbocycles. The van der Waals surface area contributed by atoms with Crippen molar-refractivity contribution in [3.63, 3.8) is 0 Å². The number of rotatable bonds is 21. The van der Waals surface area contributed by atoms with Gasteiger partial charge in [-0.1, -0.05) is 88.3 Å². The Morgan fingerprint density at radius 3 is 1.31 bits per heavy atom. The zero-order valence-electron chi connectivity index (χ0n) is 58.4. The number of amides is 14. The van der Waals surface area contributed by atoms with E-state index in [9.17, 15) is 68.1 Å². The van der Waals surface area contributed by atoms with Crippen molar-refractivity contribution in [2.75, 3.05) is 12.3 Å². The van der Waals surface area contributed by atoms with E-state index < -0.39 is 217 Å². The van der Waals surface area contributed by atoms with Crippen molar-refractivity contribution < 1.29 is 92.0 Å². The van der Waals surface area contributed by atoms with Gasteiger partial charge in [-0.15, -0.1) is 0 Å². The number of fused-ring (bicyclic) bond motifs is 6. The molecule has 108 heavy (non-hydrogen) atoms. The van der Waals surface area contributed by atoms with Crippen molar-refractivity contribution in [1.29, 1.82) is 0 Å². The summed E-state index contributed by atoms with van der Waals surface area (Å²) < 4.78 is 0. The number of carboxylic acid groups (broad SMARTS) is 3. The van der Waals surface area contributed by atoms with Crippen molar-refractivity contribution in [1.82, 2.24) is 89.1 Å². The van der Waals surface area contributed by atoms with Crippen molar-refractivity contribution in [3.05, 3.63) is 126 Å². The number of hydrogen-bond donors (Lipinski definition) is 20. The van der Waals surface area contributed by atoms with Crippen LogP contribution in [-0.2, 0) is 97.6 Å². The number of carbonyl (C=O) groups is 16. The van der Waals surface area contributed by atoms with Gasteiger partial charge in [0.25, 0.3) is 5.91 Å². The summed E-state index contributed by atoms with van der Waals surface area (Å²) in [5, 5.41) is 61.5. The molecule has 576 valence electrons. The van der Waals surface area contributed by atoms with Gasteiger partial charge in [-0.2, -0.15) is 0 Å². The second kappa shape index (κ2) is 39.4. The molecule has 0 unspecified atom stereocenters. The molecule has 2 fully saturated rings. The highest BCUT2D eigenvalue weighted by atomic mass is 33.1. The number of aliphatic carboxylic acids is 3. The lowest BCUT2D eigenvalue weighted by Crippen LogP contribution is -2.62. The first-order chi connectivity index (χ1) is 51.6. The summed E-state index contributed by atoms with van der Waals surface area (Å²) in [5.74, 6) is -18.5. The van der Waals surface area contributed by atoms with E-state index >= 15 is 24.0 Å². The highest BCUT2D eigenvalue weighted by Crippen LogP contribution is 2.28. The Morgan fingerprint density at radius 2 is 0.843 bits per heavy atom. The second-order valence-corrected chi connectivity index (χ2v) is 28.1. The number of nitrogens with zero attached hydrogens (tertiary/aromatic N) is 1. The van der Waals surface area contributed by atoms with Crippen LogP contribution in [0, 0.1) is 0 Å². The Labute approximate surface area is 623 Å². The minimum Gasteiger partial charge on any atom is -0.481 e. The van der Waals surface area contributed by atoms with E-state index in [4.69, 9.17) is 5.73 Å². The summed E-state index contributed by atoms with van der Waals surface area (Å²) in [6, 6.07) is 1.98. The van der Waals surface area contributed by atoms with Crippen LogP contribution in [0.4, 0.5) is 4.79 Å². The Bertz CT molecular complexity index is 4290. The van der Waals surface area contributed by atoms with Crippen molar-refractivity contribution in [2.24, 2.45) is 5.73 Å². The number of primary amides is 1. The number of nitrogens with two attached hydrogens (primary N) is 1. The zero-order chi connectivity index (χ0) is 78.1. The maximum absolute atomic E-state index is 15.4. The average Bonchev–Trinajstić information content (AvgIpc) is 1.65. The Morgan fingerprint density at radius 1 is 0.444 bits per heavy atom. The number of hydrogen-bond acceptors (Lipinski definition) is 19. The summed E-state index contributed by atoms with van der Waals surface area (Å²) in [6.45, 7) is 2.23. The minimum absolute atomic E-state index is 0.0307. The largest absolute Gasteiger partial charge is 0.481 e. The molecule has 0 radical (unpaired) electrons. The zero-order valence-corrected chi connectivity index (χ0v) is 60.0. The molecule has 2 aliphatic rings. The lowest BCUT2D eigenvalue weighted by atomic mass is 10.0. The van der Waals surface area contributed by atoms with Crippen molar-refractivity contribution in [2.45, 2.75) is 163 Å². The van der Waals surface area contributed by atoms with Crippen LogP contribution in [0.3, 0.4) is 0 Å². The van der Waals surface area contributed by atoms with Gasteiger partial charge in [0.1, 0.15) is 66.5 Å². The third-order valence-corrected chi connectivity index (χ3v) is 20.0. The highest BCUT2D eigenvalue weighted by molar-refractivity contribution is 8.77. The van der Waals surface area contributed by atoms with Crippen LogP contribution >= 0.6 is 21.6 Å². The van der Waals surface area contributed by atoms with Gasteiger partial charge in [0.2, 0.25) is 65.0 Å². The molecule has 8 rings (SSSR count). The molecule has 39 heteroatoms. The molecule has 2 bridgehead atoms. The number of urea groups is 1. The van der Waals surface area contributed by atoms with E-state index in [2.05, 4.69) is 89.1 Å². The first kappa shape index (κ1) is 81.6. The summed E-state index contributed by atoms with van der Waals surface area (Å²) in [6.07, 6.45) is -0.374. The van der Waals surface area contributed by atoms with Gasteiger partial charge in [-0.3, -0.25) is 71.9 Å². The number of para-hydroxylation sites is 2. The predicted octanol–water partition coefficient (Wildman–Crippen LogP) is -2.09. The molecule has 3 aromatic carbocycles. The Hall–Kier alpha value is -12.0. The predicted molar refractivity (Wildman–Crippen MR) is 388 cm³/mol. The first-order valence-corrected chi connectivity index (χ1v) is 36.7. The van der Waals surface area contributed by atoms with Gasteiger partial charge in [0.05, 0.1) is 12.0 Å². The molecular formula is C69H84N18O19S2. The van der Waals surface area contributed by atoms with Gasteiger partial charge in [0, 0.05) is 97.6 Å². The molecule has 14 amide bonds. The summed E-state index contributed by atoms with van der Waals surface area (Å²) in [5.41, 5.74) is 8.10. The van der Waals surface area contributed by atoms with Gasteiger partial charge in [-0.05, 0) is 74.8 Å². The van der Waals surface area contributed by atoms with Crippen LogP contribution in [-0.4, -0.2) is 214 Å². The van der Waals surface area contributed by atoms with Crippen LogP contribution in [0.2, 0.25) is 0 Å². The van der Waals surface area contributed by atoms with E-state index in [1.807, 2.05) is 0 Å². The number of aromatic nitrogens is 4. The molecule has 5 heterocycles. The fourth-order valence-electron chi connectivity index (χ4n) is 11.7. The standard InChI is InChI=1S/C69H84N18O19S2/c1-34-56(94)78-45(18-21-53(88)89)59(97)80-46(19-22-54(90)91)60(98)81-47(20-23-55(92)93)61(99)85-50(27-38-30-74-43-16-9-7-14-41(38)43)65(103)87-68-67(105)77-35(2)57(95)82-51(28-39-31-71-33-75-39)64(102)83-48(25-36-11-4-3-5-12-36)62(100)79-44(17-10-24-72-69(70)106)58(96)84-49(26-37-29-73-42-15-8-6-13-40(37)42)63(101)86-52(32-107-108-68)66(104)76-34/h3-9,11-16,29-31,33-35,44-52,68,73-74H,10,17-28,32H2,1-2H3,(H,71,75)(H,76,104)(H,77,105)(H,78,94)(H,79,100)(H,80,97)(H,81,98)(H,82,95)(H,83,102)(H,84,96)(H,85,99)(H,86,101)(H,87,103)(H,88,89)(H,90,91)(H,92,93)(H3,70,72,106)/t34-,35-,44-,45-,46-,47-,48+,49-,50-,51-,52-,68-/m0/s1. The maximum atomic E-state index is 15.4. The normalized spacial score (nSPS) is 23.9. The number of carbonyl (C=O) groups excluding carboxylic acids is 13. The molecule has 0 spiro atoms. The molecule has 37 nitrogen and oxygen atoms in total. The topological polar surface area (TPSA) is 576 Å². The van der Waals surface area contributed by atoms with E-state index in [1.165, 1.54) is 25.6 Å². The van der Waals surface area contributed by atoms with Crippen LogP contribution in [0.1, 0.15) is 87.6 Å². The quantitative estimate of drug-likeness (QED) is 0.0271. The van der Waals surface area contributed by atoms with Crippen LogP contribution in [0.5, 0.6) is 0 Å². The Balaban J connectivity index is 1.27. The smallest absolute Gasteiger partial charge is 0.312 e. The summed E-state index contributed by atoms with van der Waals surface area (Å²) in [7, 11) is 1.16. The van der Waals surface area contributed by atoms with E-state index in [1.54, 1.807) is 85.1 Å². The lowest BCUT2D eigenvalue weighted by molar-refractivity contribution is -0.140. The molecule has 6 aromatic rings. The molecule has 2 saturated heterocycles. The number of H-pyrrole nitrogens is 3. The molecular weight excluding hydrogens is 1450 g/mol. The van der Waals surface area contributed by atoms with E-state index in [-0.39, 0.29) is 44.3 Å². The van der Waals surface area contributed by atoms with E-state index in [0.29, 0.717) is 60.1 Å². The van der Waals surface area contributed by atoms with Crippen molar-refractivity contribution in [3.8, 4) is 0 Å². The lowest BCUT2D eigenvalue weighted by Gasteiger charge is -2.29. The highest BCUT2D eigenvalue weighted by Gasteiger charge is 2.39. The molecule has 2 aliphatic heterocycles. The third-order valence-electron chi connectivity index (χ3n) is 17.5. The van der Waals surface area contributed by atoms with Gasteiger partial charge in [0.15, 0.2) is 5.37 Å². The first-order valence-electron chi connectivity index (χ1n) is 34.3. The Kier molecular flexibility index (Phi) is 29.8. The van der Waals surface area contributed by atoms with E-state index in [0.717, 1.165) is 6.92 Å². The van der Waals surface area contributed by atoms with Gasteiger partial charge in [-0.25, -0.2) is 9.78 Å². The number of benzene rings is 3. The van der Waals surface area contributed by atoms with Crippen LogP contribution in [0.25, 0.3) is 21.8 Å². The molecule has 3 aromatic heterocycles. The third kappa shape index (κ3) is 24.3. The number of imidazole rings is 1.